The number of benzene rings is 1. The van der Waals surface area contributed by atoms with Crippen molar-refractivity contribution in [1.82, 2.24) is 10.2 Å². The van der Waals surface area contributed by atoms with Crippen molar-refractivity contribution >= 4 is 41.0 Å². The molecule has 1 saturated carbocycles. The minimum absolute atomic E-state index is 0.0782. The van der Waals surface area contributed by atoms with Crippen LogP contribution in [0.15, 0.2) is 18.2 Å². The van der Waals surface area contributed by atoms with Gasteiger partial charge in [-0.25, -0.2) is 0 Å². The van der Waals surface area contributed by atoms with Crippen LogP contribution >= 0.6 is 11.6 Å². The average molecular weight is 480 g/mol. The number of hydrogen-bond acceptors (Lipinski definition) is 6. The molecule has 9 nitrogen and oxygen atoms in total. The molecule has 10 heteroatoms. The zero-order valence-corrected chi connectivity index (χ0v) is 19.5. The number of halogens is 1. The van der Waals surface area contributed by atoms with Gasteiger partial charge in [-0.3, -0.25) is 19.2 Å². The highest BCUT2D eigenvalue weighted by Crippen LogP contribution is 2.42. The molecule has 1 aliphatic heterocycles. The summed E-state index contributed by atoms with van der Waals surface area (Å²) in [4.78, 5) is 51.5. The lowest BCUT2D eigenvalue weighted by molar-refractivity contribution is -0.162. The zero-order valence-electron chi connectivity index (χ0n) is 18.8. The number of carbonyl (C=O) groups excluding carboxylic acids is 4. The first-order valence-electron chi connectivity index (χ1n) is 11.2. The summed E-state index contributed by atoms with van der Waals surface area (Å²) in [6, 6.07) is 5.14. The van der Waals surface area contributed by atoms with E-state index < -0.39 is 29.8 Å². The summed E-state index contributed by atoms with van der Waals surface area (Å²) in [5, 5.41) is 5.64. The molecule has 1 aromatic rings. The van der Waals surface area contributed by atoms with Crippen LogP contribution < -0.4 is 10.6 Å². The van der Waals surface area contributed by atoms with Crippen molar-refractivity contribution in [3.8, 4) is 0 Å². The molecule has 0 atom stereocenters. The first kappa shape index (κ1) is 25.0. The van der Waals surface area contributed by atoms with E-state index in [1.54, 1.807) is 30.0 Å². The fraction of sp³-hybridized carbons (Fsp3) is 0.565. The molecule has 3 amide bonds. The number of rotatable bonds is 8. The second-order valence-corrected chi connectivity index (χ2v) is 8.88. The van der Waals surface area contributed by atoms with Crippen LogP contribution in [0, 0.1) is 12.3 Å². The quantitative estimate of drug-likeness (QED) is 0.551. The van der Waals surface area contributed by atoms with E-state index >= 15 is 0 Å². The van der Waals surface area contributed by atoms with Crippen LogP contribution in [0.25, 0.3) is 0 Å². The molecule has 1 heterocycles. The Bertz CT molecular complexity index is 894. The van der Waals surface area contributed by atoms with Gasteiger partial charge in [-0.15, -0.1) is 0 Å². The van der Waals surface area contributed by atoms with E-state index in [9.17, 15) is 19.2 Å². The van der Waals surface area contributed by atoms with Gasteiger partial charge in [0.1, 0.15) is 0 Å². The van der Waals surface area contributed by atoms with Crippen molar-refractivity contribution < 1.29 is 28.7 Å². The summed E-state index contributed by atoms with van der Waals surface area (Å²) in [5.74, 6) is -1.64. The molecule has 180 valence electrons. The number of nitrogens with zero attached hydrogens (tertiary/aromatic N) is 1. The minimum atomic E-state index is -0.892. The zero-order chi connectivity index (χ0) is 23.8. The predicted molar refractivity (Wildman–Crippen MR) is 122 cm³/mol. The van der Waals surface area contributed by atoms with Crippen molar-refractivity contribution in [3.63, 3.8) is 0 Å². The van der Waals surface area contributed by atoms with Gasteiger partial charge in [0.2, 0.25) is 11.8 Å². The van der Waals surface area contributed by atoms with Crippen molar-refractivity contribution in [1.29, 1.82) is 0 Å². The highest BCUT2D eigenvalue weighted by Gasteiger charge is 2.45. The van der Waals surface area contributed by atoms with E-state index in [0.29, 0.717) is 49.9 Å². The van der Waals surface area contributed by atoms with Crippen LogP contribution in [0.4, 0.5) is 5.69 Å². The van der Waals surface area contributed by atoms with Gasteiger partial charge in [-0.2, -0.15) is 0 Å². The van der Waals surface area contributed by atoms with Crippen LogP contribution in [0.2, 0.25) is 5.02 Å². The van der Waals surface area contributed by atoms with E-state index in [4.69, 9.17) is 21.1 Å². The lowest BCUT2D eigenvalue weighted by atomic mass is 9.82. The topological polar surface area (TPSA) is 114 Å². The number of morpholine rings is 1. The highest BCUT2D eigenvalue weighted by atomic mass is 35.5. The van der Waals surface area contributed by atoms with E-state index in [2.05, 4.69) is 10.6 Å². The number of amides is 3. The lowest BCUT2D eigenvalue weighted by Gasteiger charge is -2.31. The Balaban J connectivity index is 1.45. The first-order chi connectivity index (χ1) is 15.8. The molecule has 2 fully saturated rings. The fourth-order valence-electron chi connectivity index (χ4n) is 4.17. The van der Waals surface area contributed by atoms with Crippen molar-refractivity contribution in [2.45, 2.75) is 39.0 Å². The molecule has 0 unspecified atom stereocenters. The Morgan fingerprint density at radius 3 is 2.52 bits per heavy atom. The number of nitrogens with one attached hydrogen (secondary N) is 2. The number of hydrogen-bond donors (Lipinski definition) is 2. The third-order valence-corrected chi connectivity index (χ3v) is 6.58. The number of esters is 1. The number of anilines is 1. The van der Waals surface area contributed by atoms with Crippen LogP contribution in [0.1, 0.15) is 37.7 Å². The largest absolute Gasteiger partial charge is 0.455 e. The van der Waals surface area contributed by atoms with Crippen LogP contribution in [-0.4, -0.2) is 68.0 Å². The molecule has 0 aromatic heterocycles. The molecule has 1 saturated heterocycles. The molecule has 1 aliphatic carbocycles. The summed E-state index contributed by atoms with van der Waals surface area (Å²) in [6.45, 7) is 3.02. The van der Waals surface area contributed by atoms with Gasteiger partial charge in [0.25, 0.3) is 5.91 Å². The molecule has 0 bridgehead atoms. The summed E-state index contributed by atoms with van der Waals surface area (Å²) in [5.41, 5.74) is 0.388. The van der Waals surface area contributed by atoms with Crippen molar-refractivity contribution in [2.24, 2.45) is 5.41 Å². The molecule has 2 aliphatic rings. The Morgan fingerprint density at radius 1 is 1.12 bits per heavy atom. The third-order valence-electron chi connectivity index (χ3n) is 6.17. The summed E-state index contributed by atoms with van der Waals surface area (Å²) in [7, 11) is 0. The SMILES string of the molecule is Cc1c(Cl)cccc1NC(=O)CNC(=O)COC(=O)C1(CC(=O)N2CCOCC2)CCCC1. The van der Waals surface area contributed by atoms with E-state index in [1.807, 2.05) is 0 Å². The number of ether oxygens (including phenoxy) is 2. The molecule has 2 N–H and O–H groups in total. The monoisotopic (exact) mass is 479 g/mol. The Labute approximate surface area is 198 Å². The predicted octanol–water partition coefficient (Wildman–Crippen LogP) is 2.06. The van der Waals surface area contributed by atoms with Crippen molar-refractivity contribution in [2.75, 3.05) is 44.8 Å². The maximum atomic E-state index is 12.8. The Hall–Kier alpha value is -2.65. The maximum absolute atomic E-state index is 12.8. The first-order valence-corrected chi connectivity index (χ1v) is 11.5. The lowest BCUT2D eigenvalue weighted by Crippen LogP contribution is -2.44. The fourth-order valence-corrected chi connectivity index (χ4v) is 4.34. The Kier molecular flexibility index (Phi) is 8.68. The summed E-state index contributed by atoms with van der Waals surface area (Å²) < 4.78 is 10.5. The maximum Gasteiger partial charge on any atom is 0.313 e. The van der Waals surface area contributed by atoms with Crippen LogP contribution in [0.3, 0.4) is 0 Å². The van der Waals surface area contributed by atoms with E-state index in [-0.39, 0.29) is 18.9 Å². The molecular weight excluding hydrogens is 450 g/mol. The average Bonchev–Trinajstić information content (AvgIpc) is 3.29. The smallest absolute Gasteiger partial charge is 0.313 e. The highest BCUT2D eigenvalue weighted by molar-refractivity contribution is 6.31. The molecule has 3 rings (SSSR count). The van der Waals surface area contributed by atoms with Gasteiger partial charge in [0, 0.05) is 30.2 Å². The van der Waals surface area contributed by atoms with Crippen molar-refractivity contribution in [3.05, 3.63) is 28.8 Å². The van der Waals surface area contributed by atoms with E-state index in [1.165, 1.54) is 0 Å². The minimum Gasteiger partial charge on any atom is -0.455 e. The van der Waals surface area contributed by atoms with Crippen LogP contribution in [0.5, 0.6) is 0 Å². The molecule has 33 heavy (non-hydrogen) atoms. The normalized spacial score (nSPS) is 17.3. The molecular formula is C23H30ClN3O6. The van der Waals surface area contributed by atoms with Crippen LogP contribution in [-0.2, 0) is 28.7 Å². The second-order valence-electron chi connectivity index (χ2n) is 8.47. The van der Waals surface area contributed by atoms with E-state index in [0.717, 1.165) is 18.4 Å². The molecule has 0 radical (unpaired) electrons. The molecule has 1 aromatic carbocycles. The standard InChI is InChI=1S/C23H30ClN3O6/c1-16-17(24)5-4-6-18(16)26-19(28)14-25-20(29)15-33-22(31)23(7-2-3-8-23)13-21(30)27-9-11-32-12-10-27/h4-6H,2-3,7-15H2,1H3,(H,25,29)(H,26,28). The van der Waals surface area contributed by atoms with Gasteiger partial charge < -0.3 is 25.0 Å². The van der Waals surface area contributed by atoms with Gasteiger partial charge in [-0.05, 0) is 37.5 Å². The second kappa shape index (κ2) is 11.5. The molecule has 0 spiro atoms. The van der Waals surface area contributed by atoms with Gasteiger partial charge in [0.05, 0.1) is 25.2 Å². The van der Waals surface area contributed by atoms with Gasteiger partial charge in [0.15, 0.2) is 6.61 Å². The summed E-state index contributed by atoms with van der Waals surface area (Å²) in [6.07, 6.45) is 2.87. The number of carbonyl (C=O) groups is 4. The van der Waals surface area contributed by atoms with Gasteiger partial charge in [-0.1, -0.05) is 30.5 Å². The summed E-state index contributed by atoms with van der Waals surface area (Å²) >= 11 is 6.04. The Morgan fingerprint density at radius 2 is 1.82 bits per heavy atom. The third kappa shape index (κ3) is 6.68. The van der Waals surface area contributed by atoms with Gasteiger partial charge >= 0.3 is 5.97 Å².